The van der Waals surface area contributed by atoms with Crippen LogP contribution < -0.4 is 10.2 Å². The highest BCUT2D eigenvalue weighted by Gasteiger charge is 2.45. The molecule has 3 rings (SSSR count). The Morgan fingerprint density at radius 3 is 2.44 bits per heavy atom. The Kier molecular flexibility index (Phi) is 5.87. The first-order valence-corrected chi connectivity index (χ1v) is 9.30. The predicted molar refractivity (Wildman–Crippen MR) is 97.0 cm³/mol. The molecule has 0 spiro atoms. The van der Waals surface area contributed by atoms with Crippen molar-refractivity contribution in [3.63, 3.8) is 0 Å². The molecule has 1 aromatic carbocycles. The van der Waals surface area contributed by atoms with Crippen molar-refractivity contribution >= 4 is 23.6 Å². The van der Waals surface area contributed by atoms with E-state index in [1.165, 1.54) is 6.08 Å². The predicted octanol–water partition coefficient (Wildman–Crippen LogP) is 4.06. The number of hydrogen-bond acceptors (Lipinski definition) is 2. The lowest BCUT2D eigenvalue weighted by Gasteiger charge is -2.33. The summed E-state index contributed by atoms with van der Waals surface area (Å²) in [5, 5.41) is 2.51. The number of anilines is 1. The van der Waals surface area contributed by atoms with Gasteiger partial charge in [0, 0.05) is 30.8 Å². The van der Waals surface area contributed by atoms with Crippen molar-refractivity contribution in [2.24, 2.45) is 5.92 Å². The maximum absolute atomic E-state index is 13.1. The quantitative estimate of drug-likeness (QED) is 0.801. The third-order valence-electron chi connectivity index (χ3n) is 5.22. The van der Waals surface area contributed by atoms with Gasteiger partial charge in [0.1, 0.15) is 0 Å². The molecule has 0 radical (unpaired) electrons. The van der Waals surface area contributed by atoms with E-state index >= 15 is 0 Å². The molecule has 7 heteroatoms. The largest absolute Gasteiger partial charge is 0.393 e. The monoisotopic (exact) mass is 380 g/mol. The Labute approximate surface area is 156 Å². The van der Waals surface area contributed by atoms with Gasteiger partial charge in [-0.2, -0.15) is 13.2 Å². The SMILES string of the molecule is O=C(/C=C/c1ccc(N2CCCC2=O)cc1)N[C@@H]1CCCC[C@H]1C(F)(F)F. The Morgan fingerprint density at radius 1 is 1.11 bits per heavy atom. The second-order valence-corrected chi connectivity index (χ2v) is 7.12. The number of nitrogens with one attached hydrogen (secondary N) is 1. The molecule has 2 atom stereocenters. The molecule has 1 N–H and O–H groups in total. The minimum absolute atomic E-state index is 0.0643. The van der Waals surface area contributed by atoms with Crippen LogP contribution in [0.4, 0.5) is 18.9 Å². The average Bonchev–Trinajstić information content (AvgIpc) is 3.06. The maximum atomic E-state index is 13.1. The van der Waals surface area contributed by atoms with Crippen LogP contribution in [0, 0.1) is 5.92 Å². The molecule has 1 saturated carbocycles. The first-order chi connectivity index (χ1) is 12.8. The van der Waals surface area contributed by atoms with E-state index in [-0.39, 0.29) is 12.3 Å². The molecule has 2 aliphatic rings. The Morgan fingerprint density at radius 2 is 1.81 bits per heavy atom. The van der Waals surface area contributed by atoms with Gasteiger partial charge in [0.25, 0.3) is 0 Å². The molecular formula is C20H23F3N2O2. The van der Waals surface area contributed by atoms with E-state index < -0.39 is 24.0 Å². The average molecular weight is 380 g/mol. The first-order valence-electron chi connectivity index (χ1n) is 9.30. The topological polar surface area (TPSA) is 49.4 Å². The number of rotatable bonds is 4. The van der Waals surface area contributed by atoms with Gasteiger partial charge in [0.15, 0.2) is 0 Å². The van der Waals surface area contributed by atoms with E-state index in [2.05, 4.69) is 5.32 Å². The van der Waals surface area contributed by atoms with Crippen LogP contribution >= 0.6 is 0 Å². The Bertz CT molecular complexity index is 713. The molecule has 0 unspecified atom stereocenters. The second-order valence-electron chi connectivity index (χ2n) is 7.12. The van der Waals surface area contributed by atoms with E-state index in [9.17, 15) is 22.8 Å². The minimum Gasteiger partial charge on any atom is -0.349 e. The third kappa shape index (κ3) is 4.90. The number of nitrogens with zero attached hydrogens (tertiary/aromatic N) is 1. The summed E-state index contributed by atoms with van der Waals surface area (Å²) < 4.78 is 39.3. The molecule has 146 valence electrons. The molecule has 4 nitrogen and oxygen atoms in total. The zero-order chi connectivity index (χ0) is 19.4. The molecule has 1 saturated heterocycles. The van der Waals surface area contributed by atoms with Crippen LogP contribution in [0.15, 0.2) is 30.3 Å². The van der Waals surface area contributed by atoms with Crippen molar-refractivity contribution in [2.75, 3.05) is 11.4 Å². The van der Waals surface area contributed by atoms with Crippen LogP contribution in [-0.2, 0) is 9.59 Å². The number of hydrogen-bond donors (Lipinski definition) is 1. The van der Waals surface area contributed by atoms with E-state index in [0.717, 1.165) is 17.7 Å². The lowest BCUT2D eigenvalue weighted by Crippen LogP contribution is -2.47. The van der Waals surface area contributed by atoms with Gasteiger partial charge in [-0.3, -0.25) is 9.59 Å². The first kappa shape index (κ1) is 19.5. The van der Waals surface area contributed by atoms with Gasteiger partial charge in [-0.1, -0.05) is 25.0 Å². The van der Waals surface area contributed by atoms with Crippen molar-refractivity contribution in [1.82, 2.24) is 5.32 Å². The van der Waals surface area contributed by atoms with Crippen LogP contribution in [0.1, 0.15) is 44.1 Å². The summed E-state index contributed by atoms with van der Waals surface area (Å²) in [4.78, 5) is 25.5. The standard InChI is InChI=1S/C20H23F3N2O2/c21-20(22,23)16-4-1-2-5-17(16)24-18(26)12-9-14-7-10-15(11-8-14)25-13-3-6-19(25)27/h7-12,16-17H,1-6,13H2,(H,24,26)/b12-9+/t16-,17-/m1/s1. The van der Waals surface area contributed by atoms with Crippen LogP contribution in [-0.4, -0.2) is 30.6 Å². The van der Waals surface area contributed by atoms with E-state index in [4.69, 9.17) is 0 Å². The summed E-state index contributed by atoms with van der Waals surface area (Å²) in [6.07, 6.45) is 1.59. The molecule has 0 bridgehead atoms. The van der Waals surface area contributed by atoms with Crippen molar-refractivity contribution < 1.29 is 22.8 Å². The zero-order valence-electron chi connectivity index (χ0n) is 15.0. The number of halogens is 3. The van der Waals surface area contributed by atoms with Gasteiger partial charge in [-0.05, 0) is 43.0 Å². The molecular weight excluding hydrogens is 357 g/mol. The minimum atomic E-state index is -4.29. The summed E-state index contributed by atoms with van der Waals surface area (Å²) >= 11 is 0. The molecule has 1 aliphatic heterocycles. The number of benzene rings is 1. The van der Waals surface area contributed by atoms with E-state index in [1.54, 1.807) is 23.1 Å². The smallest absolute Gasteiger partial charge is 0.349 e. The summed E-state index contributed by atoms with van der Waals surface area (Å²) in [7, 11) is 0. The Balaban J connectivity index is 1.58. The second kappa shape index (κ2) is 8.15. The lowest BCUT2D eigenvalue weighted by atomic mass is 9.84. The van der Waals surface area contributed by atoms with Crippen molar-refractivity contribution in [2.45, 2.75) is 50.7 Å². The number of carbonyl (C=O) groups is 2. The molecule has 0 aromatic heterocycles. The van der Waals surface area contributed by atoms with E-state index in [1.807, 2.05) is 12.1 Å². The molecule has 1 aliphatic carbocycles. The number of carbonyl (C=O) groups excluding carboxylic acids is 2. The fourth-order valence-corrected chi connectivity index (χ4v) is 3.78. The van der Waals surface area contributed by atoms with Gasteiger partial charge < -0.3 is 10.2 Å². The fourth-order valence-electron chi connectivity index (χ4n) is 3.78. The van der Waals surface area contributed by atoms with E-state index in [0.29, 0.717) is 32.2 Å². The normalized spacial score (nSPS) is 23.8. The summed E-state index contributed by atoms with van der Waals surface area (Å²) in [5.74, 6) is -1.89. The highest BCUT2D eigenvalue weighted by atomic mass is 19.4. The van der Waals surface area contributed by atoms with Crippen LogP contribution in [0.25, 0.3) is 6.08 Å². The molecule has 1 heterocycles. The molecule has 2 amide bonds. The zero-order valence-corrected chi connectivity index (χ0v) is 15.0. The van der Waals surface area contributed by atoms with Crippen LogP contribution in [0.5, 0.6) is 0 Å². The Hall–Kier alpha value is -2.31. The summed E-state index contributed by atoms with van der Waals surface area (Å²) in [6.45, 7) is 0.707. The van der Waals surface area contributed by atoms with Gasteiger partial charge in [-0.25, -0.2) is 0 Å². The molecule has 27 heavy (non-hydrogen) atoms. The maximum Gasteiger partial charge on any atom is 0.393 e. The summed E-state index contributed by atoms with van der Waals surface area (Å²) in [6, 6.07) is 6.32. The van der Waals surface area contributed by atoms with Gasteiger partial charge in [-0.15, -0.1) is 0 Å². The lowest BCUT2D eigenvalue weighted by molar-refractivity contribution is -0.188. The molecule has 1 aromatic rings. The van der Waals surface area contributed by atoms with Crippen molar-refractivity contribution in [3.8, 4) is 0 Å². The van der Waals surface area contributed by atoms with Gasteiger partial charge in [0.05, 0.1) is 5.92 Å². The highest BCUT2D eigenvalue weighted by Crippen LogP contribution is 2.37. The van der Waals surface area contributed by atoms with Crippen molar-refractivity contribution in [1.29, 1.82) is 0 Å². The van der Waals surface area contributed by atoms with Gasteiger partial charge in [0.2, 0.25) is 11.8 Å². The van der Waals surface area contributed by atoms with Gasteiger partial charge >= 0.3 is 6.18 Å². The van der Waals surface area contributed by atoms with Crippen LogP contribution in [0.2, 0.25) is 0 Å². The third-order valence-corrected chi connectivity index (χ3v) is 5.22. The van der Waals surface area contributed by atoms with Crippen LogP contribution in [0.3, 0.4) is 0 Å². The summed E-state index contributed by atoms with van der Waals surface area (Å²) in [5.41, 5.74) is 1.56. The number of alkyl halides is 3. The van der Waals surface area contributed by atoms with Crippen molar-refractivity contribution in [3.05, 3.63) is 35.9 Å². The molecule has 2 fully saturated rings. The highest BCUT2D eigenvalue weighted by molar-refractivity contribution is 5.95. The fraction of sp³-hybridized carbons (Fsp3) is 0.500. The number of amides is 2.